The van der Waals surface area contributed by atoms with Crippen molar-refractivity contribution in [3.63, 3.8) is 0 Å². The Morgan fingerprint density at radius 3 is 2.48 bits per heavy atom. The molecule has 1 saturated carbocycles. The van der Waals surface area contributed by atoms with E-state index in [4.69, 9.17) is 11.6 Å². The number of benzene rings is 1. The lowest BCUT2D eigenvalue weighted by molar-refractivity contribution is 0.924. The Bertz CT molecular complexity index is 680. The predicted molar refractivity (Wildman–Crippen MR) is 87.8 cm³/mol. The summed E-state index contributed by atoms with van der Waals surface area (Å²) in [5, 5.41) is 7.26. The minimum absolute atomic E-state index is 0.514. The molecular weight excluding hydrogens is 284 g/mol. The van der Waals surface area contributed by atoms with Gasteiger partial charge in [0.15, 0.2) is 0 Å². The zero-order valence-corrected chi connectivity index (χ0v) is 13.3. The lowest BCUT2D eigenvalue weighted by Gasteiger charge is -2.14. The van der Waals surface area contributed by atoms with E-state index in [2.05, 4.69) is 20.6 Å². The Hall–Kier alpha value is -1.81. The van der Waals surface area contributed by atoms with Crippen molar-refractivity contribution in [2.75, 3.05) is 17.7 Å². The summed E-state index contributed by atoms with van der Waals surface area (Å²) in [4.78, 5) is 9.28. The number of hydrogen-bond acceptors (Lipinski definition) is 4. The highest BCUT2D eigenvalue weighted by atomic mass is 35.5. The average molecular weight is 303 g/mol. The summed E-state index contributed by atoms with van der Waals surface area (Å²) in [5.41, 5.74) is 3.02. The number of aromatic nitrogens is 2. The van der Waals surface area contributed by atoms with Crippen LogP contribution in [-0.2, 0) is 0 Å². The van der Waals surface area contributed by atoms with E-state index in [1.54, 1.807) is 0 Å². The number of rotatable bonds is 4. The van der Waals surface area contributed by atoms with E-state index in [1.807, 2.05) is 39.1 Å². The summed E-state index contributed by atoms with van der Waals surface area (Å²) in [7, 11) is 1.89. The molecule has 0 bridgehead atoms. The third kappa shape index (κ3) is 2.95. The summed E-state index contributed by atoms with van der Waals surface area (Å²) in [5.74, 6) is 3.16. The van der Waals surface area contributed by atoms with Crippen LogP contribution in [0.2, 0.25) is 5.02 Å². The molecule has 21 heavy (non-hydrogen) atoms. The van der Waals surface area contributed by atoms with E-state index < -0.39 is 0 Å². The van der Waals surface area contributed by atoms with Gasteiger partial charge in [-0.2, -0.15) is 0 Å². The first-order valence-electron chi connectivity index (χ1n) is 7.18. The second kappa shape index (κ2) is 5.53. The van der Waals surface area contributed by atoms with Crippen LogP contribution in [0.25, 0.3) is 0 Å². The maximum absolute atomic E-state index is 6.19. The van der Waals surface area contributed by atoms with Crippen molar-refractivity contribution in [1.82, 2.24) is 9.97 Å². The summed E-state index contributed by atoms with van der Waals surface area (Å²) in [6.45, 7) is 4.01. The Morgan fingerprint density at radius 1 is 1.14 bits per heavy atom. The third-order valence-electron chi connectivity index (χ3n) is 3.78. The predicted octanol–water partition coefficient (Wildman–Crippen LogP) is 4.41. The first-order chi connectivity index (χ1) is 10.1. The molecule has 1 aliphatic rings. The molecule has 1 heterocycles. The molecule has 110 valence electrons. The van der Waals surface area contributed by atoms with Crippen LogP contribution in [0, 0.1) is 13.8 Å². The van der Waals surface area contributed by atoms with Crippen LogP contribution >= 0.6 is 11.6 Å². The highest BCUT2D eigenvalue weighted by Crippen LogP contribution is 2.39. The highest BCUT2D eigenvalue weighted by molar-refractivity contribution is 6.31. The molecule has 5 heteroatoms. The normalized spacial score (nSPS) is 14.1. The van der Waals surface area contributed by atoms with E-state index in [0.29, 0.717) is 5.92 Å². The van der Waals surface area contributed by atoms with Gasteiger partial charge in [0, 0.05) is 29.2 Å². The van der Waals surface area contributed by atoms with Crippen LogP contribution in [0.1, 0.15) is 35.7 Å². The Kier molecular flexibility index (Phi) is 3.72. The highest BCUT2D eigenvalue weighted by Gasteiger charge is 2.28. The fourth-order valence-corrected chi connectivity index (χ4v) is 2.41. The van der Waals surface area contributed by atoms with Crippen molar-refractivity contribution in [1.29, 1.82) is 0 Å². The number of anilines is 3. The van der Waals surface area contributed by atoms with Crippen molar-refractivity contribution in [3.05, 3.63) is 40.2 Å². The van der Waals surface area contributed by atoms with Gasteiger partial charge in [-0.05, 0) is 44.4 Å². The molecule has 1 aliphatic carbocycles. The first kappa shape index (κ1) is 14.1. The Balaban J connectivity index is 1.96. The summed E-state index contributed by atoms with van der Waals surface area (Å²) in [6, 6.07) is 5.94. The molecule has 0 unspecified atom stereocenters. The molecule has 0 saturated heterocycles. The van der Waals surface area contributed by atoms with E-state index in [9.17, 15) is 0 Å². The average Bonchev–Trinajstić information content (AvgIpc) is 3.29. The maximum atomic E-state index is 6.19. The molecule has 0 amide bonds. The molecule has 4 nitrogen and oxygen atoms in total. The molecule has 1 aromatic heterocycles. The number of hydrogen-bond donors (Lipinski definition) is 2. The van der Waals surface area contributed by atoms with Crippen LogP contribution < -0.4 is 10.6 Å². The molecule has 2 aromatic rings. The molecule has 0 aliphatic heterocycles. The van der Waals surface area contributed by atoms with E-state index >= 15 is 0 Å². The zero-order chi connectivity index (χ0) is 15.0. The smallest absolute Gasteiger partial charge is 0.139 e. The van der Waals surface area contributed by atoms with E-state index in [1.165, 1.54) is 12.8 Å². The van der Waals surface area contributed by atoms with Gasteiger partial charge in [-0.1, -0.05) is 17.7 Å². The van der Waals surface area contributed by atoms with Crippen LogP contribution in [0.3, 0.4) is 0 Å². The van der Waals surface area contributed by atoms with Gasteiger partial charge in [0.2, 0.25) is 0 Å². The van der Waals surface area contributed by atoms with Gasteiger partial charge in [0.05, 0.1) is 0 Å². The Morgan fingerprint density at radius 2 is 1.86 bits per heavy atom. The number of nitrogens with zero attached hydrogens (tertiary/aromatic N) is 2. The van der Waals surface area contributed by atoms with Gasteiger partial charge in [-0.3, -0.25) is 0 Å². The largest absolute Gasteiger partial charge is 0.373 e. The quantitative estimate of drug-likeness (QED) is 0.878. The monoisotopic (exact) mass is 302 g/mol. The molecule has 3 rings (SSSR count). The molecule has 1 fully saturated rings. The van der Waals surface area contributed by atoms with Gasteiger partial charge in [-0.25, -0.2) is 9.97 Å². The minimum Gasteiger partial charge on any atom is -0.373 e. The van der Waals surface area contributed by atoms with Crippen molar-refractivity contribution in [2.24, 2.45) is 0 Å². The fraction of sp³-hybridized carbons (Fsp3) is 0.375. The van der Waals surface area contributed by atoms with Crippen molar-refractivity contribution < 1.29 is 0 Å². The van der Waals surface area contributed by atoms with Gasteiger partial charge in [-0.15, -0.1) is 0 Å². The second-order valence-corrected chi connectivity index (χ2v) is 5.92. The Labute approximate surface area is 130 Å². The second-order valence-electron chi connectivity index (χ2n) is 5.52. The summed E-state index contributed by atoms with van der Waals surface area (Å²) in [6.07, 6.45) is 2.37. The third-order valence-corrected chi connectivity index (χ3v) is 4.18. The fourth-order valence-electron chi connectivity index (χ4n) is 2.23. The molecule has 1 aromatic carbocycles. The number of nitrogens with one attached hydrogen (secondary N) is 2. The van der Waals surface area contributed by atoms with Gasteiger partial charge < -0.3 is 10.6 Å². The zero-order valence-electron chi connectivity index (χ0n) is 12.5. The van der Waals surface area contributed by atoms with E-state index in [0.717, 1.165) is 39.3 Å². The molecule has 2 N–H and O–H groups in total. The lowest BCUT2D eigenvalue weighted by atomic mass is 10.2. The summed E-state index contributed by atoms with van der Waals surface area (Å²) < 4.78 is 0. The molecular formula is C16H19ClN4. The van der Waals surface area contributed by atoms with Crippen LogP contribution in [0.5, 0.6) is 0 Å². The van der Waals surface area contributed by atoms with Gasteiger partial charge in [0.25, 0.3) is 0 Å². The number of halogens is 1. The molecule has 0 spiro atoms. The molecule has 0 atom stereocenters. The van der Waals surface area contributed by atoms with E-state index in [-0.39, 0.29) is 0 Å². The standard InChI is InChI=1S/C16H19ClN4/c1-9-4-7-12(8-13(9)17)19-15-10(2)14(18-3)20-16(21-15)11-5-6-11/h4,7-8,11H,5-6H2,1-3H3,(H2,18,19,20,21). The topological polar surface area (TPSA) is 49.8 Å². The summed E-state index contributed by atoms with van der Waals surface area (Å²) >= 11 is 6.19. The van der Waals surface area contributed by atoms with Gasteiger partial charge >= 0.3 is 0 Å². The number of aryl methyl sites for hydroxylation is 1. The van der Waals surface area contributed by atoms with Gasteiger partial charge in [0.1, 0.15) is 17.5 Å². The SMILES string of the molecule is CNc1nc(C2CC2)nc(Nc2ccc(C)c(Cl)c2)c1C. The van der Waals surface area contributed by atoms with Crippen molar-refractivity contribution in [3.8, 4) is 0 Å². The van der Waals surface area contributed by atoms with Crippen molar-refractivity contribution >= 4 is 28.9 Å². The van der Waals surface area contributed by atoms with Crippen LogP contribution in [0.15, 0.2) is 18.2 Å². The minimum atomic E-state index is 0.514. The van der Waals surface area contributed by atoms with Crippen LogP contribution in [-0.4, -0.2) is 17.0 Å². The maximum Gasteiger partial charge on any atom is 0.139 e. The molecule has 0 radical (unpaired) electrons. The lowest BCUT2D eigenvalue weighted by Crippen LogP contribution is -2.06. The van der Waals surface area contributed by atoms with Crippen LogP contribution in [0.4, 0.5) is 17.3 Å². The first-order valence-corrected chi connectivity index (χ1v) is 7.55. The van der Waals surface area contributed by atoms with Crippen molar-refractivity contribution in [2.45, 2.75) is 32.6 Å².